The smallest absolute Gasteiger partial charge is 0.178 e. The third kappa shape index (κ3) is 4.19. The molecule has 2 aromatic heterocycles. The predicted molar refractivity (Wildman–Crippen MR) is 113 cm³/mol. The van der Waals surface area contributed by atoms with Gasteiger partial charge >= 0.3 is 0 Å². The predicted octanol–water partition coefficient (Wildman–Crippen LogP) is 2.96. The molecule has 0 bridgehead atoms. The van der Waals surface area contributed by atoms with Crippen LogP contribution in [0.2, 0.25) is 0 Å². The number of H-pyrrole nitrogens is 1. The van der Waals surface area contributed by atoms with Gasteiger partial charge in [0.2, 0.25) is 0 Å². The summed E-state index contributed by atoms with van der Waals surface area (Å²) >= 11 is 0. The van der Waals surface area contributed by atoms with Crippen molar-refractivity contribution in [1.82, 2.24) is 25.1 Å². The number of aromatic amines is 1. The summed E-state index contributed by atoms with van der Waals surface area (Å²) in [5.41, 5.74) is 3.76. The van der Waals surface area contributed by atoms with Gasteiger partial charge in [-0.15, -0.1) is 0 Å². The van der Waals surface area contributed by atoms with Crippen molar-refractivity contribution in [2.45, 2.75) is 26.3 Å². The number of piperazine rings is 1. The number of Topliss-reactive ketones (excluding diaryl/α,β-unsaturated/α-hetero) is 1. The van der Waals surface area contributed by atoms with Crippen molar-refractivity contribution < 1.29 is 4.79 Å². The number of rotatable bonds is 6. The number of benzene rings is 1. The van der Waals surface area contributed by atoms with Crippen LogP contribution in [0, 0.1) is 6.92 Å². The van der Waals surface area contributed by atoms with Crippen molar-refractivity contribution in [2.75, 3.05) is 31.1 Å². The van der Waals surface area contributed by atoms with Gasteiger partial charge in [-0.2, -0.15) is 5.10 Å². The molecule has 150 valence electrons. The van der Waals surface area contributed by atoms with E-state index in [1.54, 1.807) is 24.7 Å². The van der Waals surface area contributed by atoms with Crippen molar-refractivity contribution in [1.29, 1.82) is 0 Å². The molecule has 1 unspecified atom stereocenters. The van der Waals surface area contributed by atoms with E-state index in [-0.39, 0.29) is 5.78 Å². The molecular formula is C22H26N6O. The molecule has 1 aliphatic heterocycles. The van der Waals surface area contributed by atoms with Crippen molar-refractivity contribution in [2.24, 2.45) is 0 Å². The Balaban J connectivity index is 1.36. The van der Waals surface area contributed by atoms with Gasteiger partial charge in [0.15, 0.2) is 11.6 Å². The lowest BCUT2D eigenvalue weighted by Crippen LogP contribution is -2.52. The molecule has 1 saturated heterocycles. The number of ketones is 1. The fraction of sp³-hybridized carbons (Fsp3) is 0.364. The van der Waals surface area contributed by atoms with E-state index in [1.165, 1.54) is 11.3 Å². The van der Waals surface area contributed by atoms with Gasteiger partial charge in [-0.1, -0.05) is 18.2 Å². The third-order valence-electron chi connectivity index (χ3n) is 5.52. The molecule has 3 aromatic rings. The maximum atomic E-state index is 12.8. The summed E-state index contributed by atoms with van der Waals surface area (Å²) in [5, 5.41) is 6.89. The van der Waals surface area contributed by atoms with Gasteiger partial charge in [0.05, 0.1) is 11.8 Å². The highest BCUT2D eigenvalue weighted by Crippen LogP contribution is 2.24. The van der Waals surface area contributed by atoms with Gasteiger partial charge in [0, 0.05) is 56.7 Å². The second-order valence-corrected chi connectivity index (χ2v) is 7.53. The Bertz CT molecular complexity index is 970. The summed E-state index contributed by atoms with van der Waals surface area (Å²) in [5.74, 6) is 0.559. The lowest BCUT2D eigenvalue weighted by Gasteiger charge is -2.41. The van der Waals surface area contributed by atoms with Crippen LogP contribution in [0.5, 0.6) is 0 Å². The number of para-hydroxylation sites is 1. The average Bonchev–Trinajstić information content (AvgIpc) is 3.23. The normalized spacial score (nSPS) is 17.4. The maximum absolute atomic E-state index is 12.8. The largest absolute Gasteiger partial charge is 0.366 e. The van der Waals surface area contributed by atoms with Gasteiger partial charge in [0.1, 0.15) is 5.69 Å². The highest BCUT2D eigenvalue weighted by Gasteiger charge is 2.25. The molecule has 7 heteroatoms. The Labute approximate surface area is 170 Å². The Morgan fingerprint density at radius 2 is 1.97 bits per heavy atom. The molecule has 0 radical (unpaired) electrons. The zero-order valence-electron chi connectivity index (χ0n) is 16.9. The number of carbonyl (C=O) groups excluding carboxylic acids is 1. The quantitative estimate of drug-likeness (QED) is 0.652. The number of hydrogen-bond acceptors (Lipinski definition) is 6. The minimum Gasteiger partial charge on any atom is -0.366 e. The Hall–Kier alpha value is -3.06. The lowest BCUT2D eigenvalue weighted by molar-refractivity contribution is 0.0959. The molecule has 0 saturated carbocycles. The summed E-state index contributed by atoms with van der Waals surface area (Å²) in [4.78, 5) is 26.1. The first kappa shape index (κ1) is 19.3. The summed E-state index contributed by atoms with van der Waals surface area (Å²) in [6.45, 7) is 8.01. The number of aromatic nitrogens is 4. The van der Waals surface area contributed by atoms with E-state index in [1.807, 2.05) is 0 Å². The van der Waals surface area contributed by atoms with E-state index in [4.69, 9.17) is 0 Å². The van der Waals surface area contributed by atoms with E-state index < -0.39 is 0 Å². The number of hydrogen-bond donors (Lipinski definition) is 1. The Kier molecular flexibility index (Phi) is 5.67. The average molecular weight is 390 g/mol. The van der Waals surface area contributed by atoms with Gasteiger partial charge in [0.25, 0.3) is 0 Å². The van der Waals surface area contributed by atoms with Crippen LogP contribution in [-0.2, 0) is 0 Å². The molecule has 0 aliphatic carbocycles. The van der Waals surface area contributed by atoms with Crippen LogP contribution >= 0.6 is 0 Å². The first-order valence-corrected chi connectivity index (χ1v) is 10.0. The van der Waals surface area contributed by atoms with Crippen molar-refractivity contribution in [3.8, 4) is 11.5 Å². The van der Waals surface area contributed by atoms with Crippen molar-refractivity contribution in [3.63, 3.8) is 0 Å². The molecule has 0 amide bonds. The Morgan fingerprint density at radius 3 is 2.72 bits per heavy atom. The molecule has 1 aliphatic rings. The van der Waals surface area contributed by atoms with E-state index in [0.29, 0.717) is 29.5 Å². The fourth-order valence-corrected chi connectivity index (χ4v) is 3.97. The van der Waals surface area contributed by atoms with Crippen LogP contribution in [-0.4, -0.2) is 63.1 Å². The summed E-state index contributed by atoms with van der Waals surface area (Å²) in [7, 11) is 0. The molecule has 1 atom stereocenters. The first-order valence-electron chi connectivity index (χ1n) is 10.0. The van der Waals surface area contributed by atoms with Crippen LogP contribution in [0.15, 0.2) is 48.9 Å². The highest BCUT2D eigenvalue weighted by molar-refractivity contribution is 6.00. The molecule has 29 heavy (non-hydrogen) atoms. The SMILES string of the molecule is Cc1ccccc1N1CCN(CCC(=O)c2cn[nH]c2-c2ncccn2)CC1C. The number of nitrogens with zero attached hydrogens (tertiary/aromatic N) is 5. The lowest BCUT2D eigenvalue weighted by atomic mass is 10.1. The molecule has 3 heterocycles. The van der Waals surface area contributed by atoms with Gasteiger partial charge < -0.3 is 4.90 Å². The number of nitrogens with one attached hydrogen (secondary N) is 1. The fourth-order valence-electron chi connectivity index (χ4n) is 3.97. The number of carbonyl (C=O) groups is 1. The molecule has 4 rings (SSSR count). The van der Waals surface area contributed by atoms with E-state index in [0.717, 1.165) is 26.2 Å². The highest BCUT2D eigenvalue weighted by atomic mass is 16.1. The van der Waals surface area contributed by atoms with Crippen molar-refractivity contribution in [3.05, 3.63) is 60.0 Å². The zero-order valence-corrected chi connectivity index (χ0v) is 16.9. The Morgan fingerprint density at radius 1 is 1.17 bits per heavy atom. The second-order valence-electron chi connectivity index (χ2n) is 7.53. The minimum atomic E-state index is 0.0650. The summed E-state index contributed by atoms with van der Waals surface area (Å²) in [6, 6.07) is 10.7. The second kappa shape index (κ2) is 8.53. The monoisotopic (exact) mass is 390 g/mol. The molecular weight excluding hydrogens is 364 g/mol. The van der Waals surface area contributed by atoms with E-state index in [9.17, 15) is 4.79 Å². The van der Waals surface area contributed by atoms with Crippen LogP contribution in [0.1, 0.15) is 29.3 Å². The standard InChI is InChI=1S/C22H26N6O/c1-16-6-3-4-7-19(16)28-13-12-27(15-17(28)2)11-8-20(29)18-14-25-26-21(18)22-23-9-5-10-24-22/h3-7,9-10,14,17H,8,11-13,15H2,1-2H3,(H,25,26). The first-order chi connectivity index (χ1) is 14.1. The van der Waals surface area contributed by atoms with Crippen LogP contribution in [0.4, 0.5) is 5.69 Å². The van der Waals surface area contributed by atoms with Crippen LogP contribution in [0.3, 0.4) is 0 Å². The van der Waals surface area contributed by atoms with Crippen molar-refractivity contribution >= 4 is 11.5 Å². The topological polar surface area (TPSA) is 78.0 Å². The number of aryl methyl sites for hydroxylation is 1. The van der Waals surface area contributed by atoms with Gasteiger partial charge in [-0.25, -0.2) is 9.97 Å². The number of anilines is 1. The zero-order chi connectivity index (χ0) is 20.2. The minimum absolute atomic E-state index is 0.0650. The van der Waals surface area contributed by atoms with Crippen LogP contribution in [0.25, 0.3) is 11.5 Å². The molecule has 1 aromatic carbocycles. The summed E-state index contributed by atoms with van der Waals surface area (Å²) in [6.07, 6.45) is 5.35. The molecule has 1 N–H and O–H groups in total. The maximum Gasteiger partial charge on any atom is 0.178 e. The molecule has 0 spiro atoms. The van der Waals surface area contributed by atoms with Crippen LogP contribution < -0.4 is 4.90 Å². The third-order valence-corrected chi connectivity index (χ3v) is 5.52. The molecule has 7 nitrogen and oxygen atoms in total. The van der Waals surface area contributed by atoms with E-state index in [2.05, 4.69) is 68.1 Å². The molecule has 1 fully saturated rings. The van der Waals surface area contributed by atoms with Gasteiger partial charge in [-0.3, -0.25) is 14.8 Å². The van der Waals surface area contributed by atoms with Gasteiger partial charge in [-0.05, 0) is 31.5 Å². The summed E-state index contributed by atoms with van der Waals surface area (Å²) < 4.78 is 0. The van der Waals surface area contributed by atoms with E-state index >= 15 is 0 Å².